The molecule has 1 aliphatic carbocycles. The van der Waals surface area contributed by atoms with Crippen LogP contribution in [0.5, 0.6) is 0 Å². The van der Waals surface area contributed by atoms with Crippen LogP contribution in [0.3, 0.4) is 0 Å². The molecule has 1 aromatic carbocycles. The van der Waals surface area contributed by atoms with E-state index in [0.717, 1.165) is 45.7 Å². The van der Waals surface area contributed by atoms with E-state index in [-0.39, 0.29) is 24.8 Å². The first-order chi connectivity index (χ1) is 11.7. The molecule has 3 fully saturated rings. The molecule has 26 heavy (non-hydrogen) atoms. The topological polar surface area (TPSA) is 35.6 Å². The summed E-state index contributed by atoms with van der Waals surface area (Å²) in [7, 11) is 0. The van der Waals surface area contributed by atoms with Gasteiger partial charge in [-0.2, -0.15) is 0 Å². The van der Waals surface area contributed by atoms with Gasteiger partial charge in [0.1, 0.15) is 0 Å². The molecule has 2 atom stereocenters. The maximum atomic E-state index is 13.0. The van der Waals surface area contributed by atoms with Crippen LogP contribution in [0.1, 0.15) is 31.7 Å². The highest BCUT2D eigenvalue weighted by Crippen LogP contribution is 2.59. The predicted octanol–water partition coefficient (Wildman–Crippen LogP) is 2.95. The molecule has 2 saturated heterocycles. The first kappa shape index (κ1) is 21.5. The largest absolute Gasteiger partial charge is 0.337 e. The van der Waals surface area contributed by atoms with Gasteiger partial charge < -0.3 is 10.2 Å². The van der Waals surface area contributed by atoms with Crippen LogP contribution in [0.2, 0.25) is 0 Å². The third kappa shape index (κ3) is 4.36. The summed E-state index contributed by atoms with van der Waals surface area (Å²) in [6, 6.07) is 11.0. The van der Waals surface area contributed by atoms with E-state index in [0.29, 0.717) is 23.3 Å². The summed E-state index contributed by atoms with van der Waals surface area (Å²) in [6.07, 6.45) is 3.50. The maximum Gasteiger partial charge on any atom is 0.226 e. The molecule has 4 nitrogen and oxygen atoms in total. The van der Waals surface area contributed by atoms with E-state index in [1.165, 1.54) is 18.4 Å². The van der Waals surface area contributed by atoms with E-state index < -0.39 is 0 Å². The fourth-order valence-corrected chi connectivity index (χ4v) is 4.72. The Bertz CT molecular complexity index is 592. The lowest BCUT2D eigenvalue weighted by Gasteiger charge is -2.40. The van der Waals surface area contributed by atoms with Crippen molar-refractivity contribution in [2.24, 2.45) is 11.3 Å². The number of benzene rings is 1. The van der Waals surface area contributed by atoms with Crippen LogP contribution in [-0.2, 0) is 11.3 Å². The van der Waals surface area contributed by atoms with Gasteiger partial charge in [0.05, 0.1) is 0 Å². The molecule has 0 aromatic heterocycles. The molecule has 1 aromatic rings. The Morgan fingerprint density at radius 3 is 2.50 bits per heavy atom. The van der Waals surface area contributed by atoms with Crippen LogP contribution in [0, 0.1) is 11.3 Å². The Balaban J connectivity index is 0.00000121. The van der Waals surface area contributed by atoms with Crippen LogP contribution in [0.4, 0.5) is 0 Å². The SMILES string of the molecule is CC1CN(Cc2ccccc2)CCN1C(=O)C1CC12CCNCC2.Cl.Cl. The third-order valence-electron chi connectivity index (χ3n) is 6.33. The van der Waals surface area contributed by atoms with Crippen molar-refractivity contribution in [3.05, 3.63) is 35.9 Å². The van der Waals surface area contributed by atoms with Crippen molar-refractivity contribution in [1.82, 2.24) is 15.1 Å². The van der Waals surface area contributed by atoms with Crippen molar-refractivity contribution in [3.8, 4) is 0 Å². The molecule has 1 spiro atoms. The smallest absolute Gasteiger partial charge is 0.226 e. The molecular formula is C20H31Cl2N3O. The van der Waals surface area contributed by atoms with Crippen LogP contribution in [-0.4, -0.2) is 54.5 Å². The zero-order chi connectivity index (χ0) is 16.6. The molecule has 146 valence electrons. The van der Waals surface area contributed by atoms with E-state index >= 15 is 0 Å². The fraction of sp³-hybridized carbons (Fsp3) is 0.650. The van der Waals surface area contributed by atoms with Gasteiger partial charge in [-0.15, -0.1) is 24.8 Å². The monoisotopic (exact) mass is 399 g/mol. The Labute approximate surface area is 169 Å². The maximum absolute atomic E-state index is 13.0. The van der Waals surface area contributed by atoms with Crippen LogP contribution < -0.4 is 5.32 Å². The molecule has 6 heteroatoms. The second kappa shape index (κ2) is 8.92. The molecule has 2 unspecified atom stereocenters. The molecule has 2 aliphatic heterocycles. The summed E-state index contributed by atoms with van der Waals surface area (Å²) in [5.74, 6) is 0.742. The van der Waals surface area contributed by atoms with Gasteiger partial charge in [-0.3, -0.25) is 9.69 Å². The van der Waals surface area contributed by atoms with Crippen molar-refractivity contribution in [2.75, 3.05) is 32.7 Å². The lowest BCUT2D eigenvalue weighted by Crippen LogP contribution is -2.54. The van der Waals surface area contributed by atoms with Gasteiger partial charge in [0.25, 0.3) is 0 Å². The quantitative estimate of drug-likeness (QED) is 0.848. The number of amides is 1. The van der Waals surface area contributed by atoms with Crippen molar-refractivity contribution >= 4 is 30.7 Å². The Morgan fingerprint density at radius 1 is 1.15 bits per heavy atom. The minimum atomic E-state index is 0. The summed E-state index contributed by atoms with van der Waals surface area (Å²) in [5.41, 5.74) is 1.71. The lowest BCUT2D eigenvalue weighted by atomic mass is 9.91. The zero-order valence-corrected chi connectivity index (χ0v) is 17.2. The molecule has 4 rings (SSSR count). The number of piperidine rings is 1. The first-order valence-electron chi connectivity index (χ1n) is 9.45. The molecular weight excluding hydrogens is 369 g/mol. The van der Waals surface area contributed by atoms with Crippen molar-refractivity contribution in [2.45, 2.75) is 38.8 Å². The number of halogens is 2. The summed E-state index contributed by atoms with van der Waals surface area (Å²) >= 11 is 0. The van der Waals surface area contributed by atoms with Crippen LogP contribution >= 0.6 is 24.8 Å². The van der Waals surface area contributed by atoms with Crippen LogP contribution in [0.25, 0.3) is 0 Å². The highest BCUT2D eigenvalue weighted by molar-refractivity contribution is 5.85. The zero-order valence-electron chi connectivity index (χ0n) is 15.5. The van der Waals surface area contributed by atoms with E-state index in [1.807, 2.05) is 0 Å². The number of rotatable bonds is 3. The average molecular weight is 400 g/mol. The van der Waals surface area contributed by atoms with Crippen molar-refractivity contribution in [1.29, 1.82) is 0 Å². The third-order valence-corrected chi connectivity index (χ3v) is 6.33. The van der Waals surface area contributed by atoms with Gasteiger partial charge in [0.2, 0.25) is 5.91 Å². The highest BCUT2D eigenvalue weighted by atomic mass is 35.5. The molecule has 1 N–H and O–H groups in total. The minimum Gasteiger partial charge on any atom is -0.337 e. The number of hydrogen-bond acceptors (Lipinski definition) is 3. The number of hydrogen-bond donors (Lipinski definition) is 1. The van der Waals surface area contributed by atoms with Crippen molar-refractivity contribution < 1.29 is 4.79 Å². The summed E-state index contributed by atoms with van der Waals surface area (Å²) in [4.78, 5) is 17.6. The first-order valence-corrected chi connectivity index (χ1v) is 9.45. The molecule has 0 bridgehead atoms. The summed E-state index contributed by atoms with van der Waals surface area (Å²) in [5, 5.41) is 3.43. The molecule has 3 aliphatic rings. The van der Waals surface area contributed by atoms with E-state index in [4.69, 9.17) is 0 Å². The number of piperazine rings is 1. The Kier molecular flexibility index (Phi) is 7.37. The van der Waals surface area contributed by atoms with E-state index in [2.05, 4.69) is 52.4 Å². The normalized spacial score (nSPS) is 27.3. The van der Waals surface area contributed by atoms with Gasteiger partial charge in [-0.1, -0.05) is 30.3 Å². The number of nitrogens with one attached hydrogen (secondary N) is 1. The Morgan fingerprint density at radius 2 is 1.85 bits per heavy atom. The molecule has 1 saturated carbocycles. The highest BCUT2D eigenvalue weighted by Gasteiger charge is 2.59. The second-order valence-electron chi connectivity index (χ2n) is 7.97. The molecule has 1 amide bonds. The minimum absolute atomic E-state index is 0. The number of carbonyl (C=O) groups is 1. The van der Waals surface area contributed by atoms with E-state index in [9.17, 15) is 4.79 Å². The predicted molar refractivity (Wildman–Crippen MR) is 110 cm³/mol. The van der Waals surface area contributed by atoms with Crippen LogP contribution in [0.15, 0.2) is 30.3 Å². The standard InChI is InChI=1S/C20H29N3O.2ClH/c1-16-14-22(15-17-5-3-2-4-6-17)11-12-23(16)19(24)18-13-20(18)7-9-21-10-8-20;;/h2-6,16,18,21H,7-15H2,1H3;2*1H. The summed E-state index contributed by atoms with van der Waals surface area (Å²) in [6.45, 7) is 8.25. The number of nitrogens with zero attached hydrogens (tertiary/aromatic N) is 2. The lowest BCUT2D eigenvalue weighted by molar-refractivity contribution is -0.138. The van der Waals surface area contributed by atoms with Crippen molar-refractivity contribution in [3.63, 3.8) is 0 Å². The molecule has 0 radical (unpaired) electrons. The van der Waals surface area contributed by atoms with Gasteiger partial charge in [-0.25, -0.2) is 0 Å². The van der Waals surface area contributed by atoms with E-state index in [1.54, 1.807) is 0 Å². The summed E-state index contributed by atoms with van der Waals surface area (Å²) < 4.78 is 0. The van der Waals surface area contributed by atoms with Gasteiger partial charge in [0.15, 0.2) is 0 Å². The van der Waals surface area contributed by atoms with Gasteiger partial charge in [-0.05, 0) is 50.3 Å². The second-order valence-corrected chi connectivity index (χ2v) is 7.97. The average Bonchev–Trinajstić information content (AvgIpc) is 3.29. The van der Waals surface area contributed by atoms with Gasteiger partial charge in [0, 0.05) is 38.1 Å². The fourth-order valence-electron chi connectivity index (χ4n) is 4.72. The van der Waals surface area contributed by atoms with Gasteiger partial charge >= 0.3 is 0 Å². The Hall–Kier alpha value is -0.810. The molecule has 2 heterocycles. The number of carbonyl (C=O) groups excluding carboxylic acids is 1.